The molecule has 8 rings (SSSR count). The molecule has 3 aliphatic heterocycles. The van der Waals surface area contributed by atoms with Crippen LogP contribution in [0.2, 0.25) is 0 Å². The Labute approximate surface area is 237 Å². The van der Waals surface area contributed by atoms with Crippen molar-refractivity contribution in [1.82, 2.24) is 4.98 Å². The fraction of sp³-hybridized carbons (Fsp3) is 0.324. The molecule has 1 aromatic heterocycles. The van der Waals surface area contributed by atoms with Crippen molar-refractivity contribution in [1.29, 1.82) is 0 Å². The van der Waals surface area contributed by atoms with E-state index in [1.165, 1.54) is 70.4 Å². The number of rotatable bonds is 8. The van der Waals surface area contributed by atoms with Gasteiger partial charge in [-0.05, 0) is 57.6 Å². The fourth-order valence-electron chi connectivity index (χ4n) is 8.18. The van der Waals surface area contributed by atoms with E-state index in [0.29, 0.717) is 12.6 Å². The average molecular weight is 528 g/mol. The van der Waals surface area contributed by atoms with Crippen molar-refractivity contribution in [2.45, 2.75) is 44.9 Å². The van der Waals surface area contributed by atoms with Crippen molar-refractivity contribution in [3.8, 4) is 0 Å². The maximum Gasteiger partial charge on any atom is 0.135 e. The number of nitrogens with zero attached hydrogens (tertiary/aromatic N) is 2. The Hall–Kier alpha value is -3.53. The van der Waals surface area contributed by atoms with Crippen molar-refractivity contribution in [2.24, 2.45) is 11.8 Å². The minimum atomic E-state index is -0.00672. The fourth-order valence-corrected chi connectivity index (χ4v) is 8.18. The quantitative estimate of drug-likeness (QED) is 0.114. The molecule has 3 heteroatoms. The second-order valence-corrected chi connectivity index (χ2v) is 12.1. The number of para-hydroxylation sites is 1. The second kappa shape index (κ2) is 10.5. The standard InChI is InChI=1S/C37H39N2O/c1-3-21-40-37(33-17-19-38-35-16-10-9-15-32(33)35)36-23-27-18-20-39(36,24-26(27)4-2)25-34-30-13-7-5-11-28(30)22-29-12-6-8-14-31(29)34/h3,5-17,19,22,26-27,36-37H,1,4,18,20-21,23-25H2,2H3/q+1/t26-,27-,36+,37+,39-/m0/s1. The molecule has 4 aromatic carbocycles. The van der Waals surface area contributed by atoms with E-state index in [-0.39, 0.29) is 6.10 Å². The third-order valence-corrected chi connectivity index (χ3v) is 10.1. The maximum absolute atomic E-state index is 6.82. The Balaban J connectivity index is 1.41. The summed E-state index contributed by atoms with van der Waals surface area (Å²) in [5.41, 5.74) is 3.82. The Morgan fingerprint density at radius 1 is 0.950 bits per heavy atom. The third-order valence-electron chi connectivity index (χ3n) is 10.1. The third kappa shape index (κ3) is 4.24. The Kier molecular flexibility index (Phi) is 6.65. The van der Waals surface area contributed by atoms with Gasteiger partial charge in [0, 0.05) is 35.9 Å². The van der Waals surface area contributed by atoms with Crippen molar-refractivity contribution in [2.75, 3.05) is 19.7 Å². The molecule has 2 bridgehead atoms. The lowest BCUT2D eigenvalue weighted by atomic mass is 9.70. The van der Waals surface area contributed by atoms with Crippen molar-refractivity contribution >= 4 is 32.4 Å². The van der Waals surface area contributed by atoms with Gasteiger partial charge < -0.3 is 9.22 Å². The topological polar surface area (TPSA) is 22.1 Å². The van der Waals surface area contributed by atoms with Gasteiger partial charge in [-0.3, -0.25) is 4.98 Å². The number of benzene rings is 4. The lowest BCUT2D eigenvalue weighted by molar-refractivity contribution is -0.985. The molecule has 5 atom stereocenters. The smallest absolute Gasteiger partial charge is 0.135 e. The van der Waals surface area contributed by atoms with E-state index in [2.05, 4.69) is 98.4 Å². The van der Waals surface area contributed by atoms with Crippen LogP contribution in [0.15, 0.2) is 104 Å². The molecule has 0 unspecified atom stereocenters. The van der Waals surface area contributed by atoms with Crippen LogP contribution in [0.3, 0.4) is 0 Å². The number of ether oxygens (including phenoxy) is 1. The molecule has 3 aliphatic rings. The molecule has 4 heterocycles. The predicted octanol–water partition coefficient (Wildman–Crippen LogP) is 8.62. The van der Waals surface area contributed by atoms with Gasteiger partial charge in [-0.25, -0.2) is 0 Å². The van der Waals surface area contributed by atoms with Gasteiger partial charge in [0.2, 0.25) is 0 Å². The highest BCUT2D eigenvalue weighted by Crippen LogP contribution is 2.50. The maximum atomic E-state index is 6.82. The summed E-state index contributed by atoms with van der Waals surface area (Å²) in [6, 6.07) is 31.5. The van der Waals surface area contributed by atoms with Crippen LogP contribution in [0.5, 0.6) is 0 Å². The normalized spacial score (nSPS) is 25.0. The van der Waals surface area contributed by atoms with Crippen LogP contribution in [0.25, 0.3) is 32.4 Å². The molecular weight excluding hydrogens is 488 g/mol. The zero-order valence-corrected chi connectivity index (χ0v) is 23.5. The van der Waals surface area contributed by atoms with Crippen LogP contribution in [-0.2, 0) is 11.3 Å². The number of hydrogen-bond acceptors (Lipinski definition) is 2. The predicted molar refractivity (Wildman–Crippen MR) is 166 cm³/mol. The molecule has 0 spiro atoms. The zero-order valence-electron chi connectivity index (χ0n) is 23.5. The van der Waals surface area contributed by atoms with Gasteiger partial charge in [-0.15, -0.1) is 6.58 Å². The van der Waals surface area contributed by atoms with Gasteiger partial charge in [0.05, 0.1) is 25.2 Å². The summed E-state index contributed by atoms with van der Waals surface area (Å²) >= 11 is 0. The Morgan fingerprint density at radius 2 is 1.65 bits per heavy atom. The number of quaternary nitrogens is 1. The van der Waals surface area contributed by atoms with Crippen molar-refractivity contribution in [3.63, 3.8) is 0 Å². The van der Waals surface area contributed by atoms with E-state index in [9.17, 15) is 0 Å². The summed E-state index contributed by atoms with van der Waals surface area (Å²) in [7, 11) is 0. The average Bonchev–Trinajstić information content (AvgIpc) is 3.01. The summed E-state index contributed by atoms with van der Waals surface area (Å²) in [4.78, 5) is 4.70. The molecule has 0 radical (unpaired) electrons. The summed E-state index contributed by atoms with van der Waals surface area (Å²) in [6.45, 7) is 10.4. The molecule has 3 saturated heterocycles. The first kappa shape index (κ1) is 25.4. The minimum absolute atomic E-state index is 0.00672. The summed E-state index contributed by atoms with van der Waals surface area (Å²) in [6.07, 6.45) is 7.64. The van der Waals surface area contributed by atoms with E-state index >= 15 is 0 Å². The van der Waals surface area contributed by atoms with Gasteiger partial charge in [0.1, 0.15) is 18.7 Å². The highest BCUT2D eigenvalue weighted by atomic mass is 16.5. The molecule has 3 nitrogen and oxygen atoms in total. The van der Waals surface area contributed by atoms with Crippen LogP contribution < -0.4 is 0 Å². The van der Waals surface area contributed by atoms with Gasteiger partial charge in [0.25, 0.3) is 0 Å². The lowest BCUT2D eigenvalue weighted by Gasteiger charge is -2.59. The molecule has 40 heavy (non-hydrogen) atoms. The molecule has 0 saturated carbocycles. The molecule has 0 aliphatic carbocycles. The Morgan fingerprint density at radius 3 is 2.38 bits per heavy atom. The first-order chi connectivity index (χ1) is 19.7. The number of hydrogen-bond donors (Lipinski definition) is 0. The minimum Gasteiger partial charge on any atom is -0.363 e. The van der Waals surface area contributed by atoms with Crippen LogP contribution in [0, 0.1) is 11.8 Å². The van der Waals surface area contributed by atoms with Gasteiger partial charge in [0.15, 0.2) is 0 Å². The highest BCUT2D eigenvalue weighted by Gasteiger charge is 2.55. The van der Waals surface area contributed by atoms with Crippen LogP contribution in [0.4, 0.5) is 0 Å². The zero-order chi connectivity index (χ0) is 27.1. The molecule has 0 N–H and O–H groups in total. The Bertz CT molecular complexity index is 1630. The van der Waals surface area contributed by atoms with Crippen molar-refractivity contribution in [3.05, 3.63) is 115 Å². The van der Waals surface area contributed by atoms with E-state index in [4.69, 9.17) is 9.72 Å². The number of aromatic nitrogens is 1. The number of pyridine rings is 1. The first-order valence-electron chi connectivity index (χ1n) is 15.0. The van der Waals surface area contributed by atoms with Crippen molar-refractivity contribution < 1.29 is 9.22 Å². The van der Waals surface area contributed by atoms with E-state index < -0.39 is 0 Å². The molecule has 0 amide bonds. The van der Waals surface area contributed by atoms with Gasteiger partial charge >= 0.3 is 0 Å². The number of piperidine rings is 3. The molecule has 5 aromatic rings. The van der Waals surface area contributed by atoms with Gasteiger partial charge in [-0.2, -0.15) is 0 Å². The highest BCUT2D eigenvalue weighted by molar-refractivity contribution is 6.02. The van der Waals surface area contributed by atoms with Crippen LogP contribution >= 0.6 is 0 Å². The van der Waals surface area contributed by atoms with Gasteiger partial charge in [-0.1, -0.05) is 79.7 Å². The molecule has 3 fully saturated rings. The van der Waals surface area contributed by atoms with Crippen LogP contribution in [0.1, 0.15) is 43.4 Å². The van der Waals surface area contributed by atoms with E-state index in [1.807, 2.05) is 12.3 Å². The summed E-state index contributed by atoms with van der Waals surface area (Å²) in [5, 5.41) is 6.67. The monoisotopic (exact) mass is 527 g/mol. The van der Waals surface area contributed by atoms with E-state index in [0.717, 1.165) is 28.4 Å². The molecular formula is C37H39N2O+. The largest absolute Gasteiger partial charge is 0.363 e. The second-order valence-electron chi connectivity index (χ2n) is 12.1. The first-order valence-corrected chi connectivity index (χ1v) is 15.0. The van der Waals surface area contributed by atoms with Crippen LogP contribution in [-0.4, -0.2) is 35.2 Å². The SMILES string of the molecule is C=CCO[C@H](c1ccnc2ccccc12)[C@H]1C[C@@H]2CC[N@@+]1(Cc1c3ccccc3cc3ccccc13)C[C@@H]2CC. The summed E-state index contributed by atoms with van der Waals surface area (Å²) in [5.74, 6) is 1.53. The summed E-state index contributed by atoms with van der Waals surface area (Å²) < 4.78 is 7.91. The number of fused-ring (bicyclic) bond motifs is 6. The van der Waals surface area contributed by atoms with E-state index in [1.54, 1.807) is 0 Å². The molecule has 202 valence electrons. The lowest BCUT2D eigenvalue weighted by Crippen LogP contribution is -2.68.